The zero-order valence-corrected chi connectivity index (χ0v) is 11.4. The first-order valence-corrected chi connectivity index (χ1v) is 6.97. The Morgan fingerprint density at radius 1 is 1.05 bits per heavy atom. The monoisotopic (exact) mass is 309 g/mol. The van der Waals surface area contributed by atoms with Crippen molar-refractivity contribution in [2.45, 2.75) is 12.0 Å². The first-order chi connectivity index (χ1) is 9.98. The topological polar surface area (TPSA) is 33.1 Å². The van der Waals surface area contributed by atoms with Crippen LogP contribution in [-0.4, -0.2) is 10.1 Å². The molecule has 0 aliphatic heterocycles. The van der Waals surface area contributed by atoms with Crippen LogP contribution in [0.4, 0.5) is 13.2 Å². The van der Waals surface area contributed by atoms with Crippen molar-refractivity contribution in [3.05, 3.63) is 64.9 Å². The Labute approximate surface area is 122 Å². The van der Waals surface area contributed by atoms with E-state index < -0.39 is 22.9 Å². The summed E-state index contributed by atoms with van der Waals surface area (Å²) in [7, 11) is 0. The van der Waals surface area contributed by atoms with Gasteiger partial charge in [-0.05, 0) is 29.8 Å². The normalized spacial score (nSPS) is 13.5. The standard InChI is InChI=1S/C15H10F3NOS/c16-10-7-5-9(6-8-10)13(20)15(17,18)14-19-11-3-1-2-4-12(11)21-14/h1-8,13,20H. The summed E-state index contributed by atoms with van der Waals surface area (Å²) in [4.78, 5) is 3.88. The smallest absolute Gasteiger partial charge is 0.328 e. The number of halogens is 3. The fraction of sp³-hybridized carbons (Fsp3) is 0.133. The van der Waals surface area contributed by atoms with Gasteiger partial charge in [0.05, 0.1) is 10.2 Å². The lowest BCUT2D eigenvalue weighted by Gasteiger charge is -2.20. The van der Waals surface area contributed by atoms with Crippen LogP contribution in [-0.2, 0) is 5.92 Å². The minimum absolute atomic E-state index is 0.0549. The number of benzene rings is 2. The zero-order valence-electron chi connectivity index (χ0n) is 10.6. The Morgan fingerprint density at radius 3 is 2.38 bits per heavy atom. The maximum absolute atomic E-state index is 14.4. The van der Waals surface area contributed by atoms with Crippen LogP contribution in [0, 0.1) is 5.82 Å². The fourth-order valence-corrected chi connectivity index (χ4v) is 2.95. The number of hydrogen-bond donors (Lipinski definition) is 1. The molecule has 1 N–H and O–H groups in total. The van der Waals surface area contributed by atoms with Gasteiger partial charge in [-0.3, -0.25) is 0 Å². The first-order valence-electron chi connectivity index (χ1n) is 6.16. The number of aliphatic hydroxyl groups is 1. The van der Waals surface area contributed by atoms with Crippen LogP contribution in [0.5, 0.6) is 0 Å². The number of aromatic nitrogens is 1. The summed E-state index contributed by atoms with van der Waals surface area (Å²) in [6.45, 7) is 0. The van der Waals surface area contributed by atoms with E-state index in [0.29, 0.717) is 10.2 Å². The highest BCUT2D eigenvalue weighted by Gasteiger charge is 2.44. The number of para-hydroxylation sites is 1. The van der Waals surface area contributed by atoms with E-state index in [1.807, 2.05) is 0 Å². The minimum Gasteiger partial charge on any atom is -0.382 e. The van der Waals surface area contributed by atoms with Gasteiger partial charge in [0.2, 0.25) is 0 Å². The average Bonchev–Trinajstić information content (AvgIpc) is 2.92. The summed E-state index contributed by atoms with van der Waals surface area (Å²) in [5.41, 5.74) is 0.407. The molecule has 0 amide bonds. The highest BCUT2D eigenvalue weighted by molar-refractivity contribution is 7.18. The van der Waals surface area contributed by atoms with Crippen LogP contribution in [0.15, 0.2) is 48.5 Å². The summed E-state index contributed by atoms with van der Waals surface area (Å²) < 4.78 is 42.2. The van der Waals surface area contributed by atoms with Gasteiger partial charge in [-0.1, -0.05) is 24.3 Å². The maximum Gasteiger partial charge on any atom is 0.328 e. The number of thiazole rings is 1. The highest BCUT2D eigenvalue weighted by Crippen LogP contribution is 2.43. The summed E-state index contributed by atoms with van der Waals surface area (Å²) >= 11 is 0.835. The Bertz CT molecular complexity index is 737. The van der Waals surface area contributed by atoms with Crippen molar-refractivity contribution < 1.29 is 18.3 Å². The predicted molar refractivity (Wildman–Crippen MR) is 74.9 cm³/mol. The van der Waals surface area contributed by atoms with E-state index in [2.05, 4.69) is 4.98 Å². The van der Waals surface area contributed by atoms with Crippen LogP contribution in [0.25, 0.3) is 10.2 Å². The van der Waals surface area contributed by atoms with Crippen molar-refractivity contribution in [1.29, 1.82) is 0 Å². The summed E-state index contributed by atoms with van der Waals surface area (Å²) in [6, 6.07) is 11.1. The Balaban J connectivity index is 2.00. The van der Waals surface area contributed by atoms with Crippen molar-refractivity contribution in [3.8, 4) is 0 Å². The van der Waals surface area contributed by atoms with Crippen molar-refractivity contribution in [3.63, 3.8) is 0 Å². The van der Waals surface area contributed by atoms with Gasteiger partial charge >= 0.3 is 5.92 Å². The Kier molecular flexibility index (Phi) is 3.43. The van der Waals surface area contributed by atoms with Gasteiger partial charge in [0.1, 0.15) is 11.9 Å². The van der Waals surface area contributed by atoms with Gasteiger partial charge in [-0.15, -0.1) is 11.3 Å². The number of rotatable bonds is 3. The quantitative estimate of drug-likeness (QED) is 0.784. The second-order valence-corrected chi connectivity index (χ2v) is 5.59. The molecule has 0 spiro atoms. The highest BCUT2D eigenvalue weighted by atomic mass is 32.1. The van der Waals surface area contributed by atoms with Gasteiger partial charge < -0.3 is 5.11 Å². The van der Waals surface area contributed by atoms with E-state index in [4.69, 9.17) is 0 Å². The molecule has 2 aromatic carbocycles. The zero-order chi connectivity index (χ0) is 15.0. The molecule has 0 fully saturated rings. The van der Waals surface area contributed by atoms with Crippen LogP contribution >= 0.6 is 11.3 Å². The van der Waals surface area contributed by atoms with E-state index >= 15 is 0 Å². The van der Waals surface area contributed by atoms with E-state index in [0.717, 1.165) is 35.6 Å². The van der Waals surface area contributed by atoms with Crippen molar-refractivity contribution >= 4 is 21.6 Å². The second-order valence-electron chi connectivity index (χ2n) is 4.56. The Morgan fingerprint density at radius 2 is 1.71 bits per heavy atom. The number of nitrogens with zero attached hydrogens (tertiary/aromatic N) is 1. The van der Waals surface area contributed by atoms with Gasteiger partial charge in [0.25, 0.3) is 0 Å². The third-order valence-corrected chi connectivity index (χ3v) is 4.23. The molecule has 3 rings (SSSR count). The third-order valence-electron chi connectivity index (χ3n) is 3.11. The number of hydrogen-bond acceptors (Lipinski definition) is 3. The molecule has 1 unspecified atom stereocenters. The van der Waals surface area contributed by atoms with Gasteiger partial charge in [-0.2, -0.15) is 8.78 Å². The molecular weight excluding hydrogens is 299 g/mol. The van der Waals surface area contributed by atoms with E-state index in [9.17, 15) is 18.3 Å². The fourth-order valence-electron chi connectivity index (χ4n) is 1.99. The van der Waals surface area contributed by atoms with E-state index in [-0.39, 0.29) is 5.56 Å². The molecule has 1 heterocycles. The van der Waals surface area contributed by atoms with Crippen molar-refractivity contribution in [2.75, 3.05) is 0 Å². The van der Waals surface area contributed by atoms with Crippen LogP contribution in [0.2, 0.25) is 0 Å². The van der Waals surface area contributed by atoms with E-state index in [1.54, 1.807) is 24.3 Å². The van der Waals surface area contributed by atoms with Crippen molar-refractivity contribution in [1.82, 2.24) is 4.98 Å². The largest absolute Gasteiger partial charge is 0.382 e. The molecule has 0 saturated heterocycles. The lowest BCUT2D eigenvalue weighted by atomic mass is 10.0. The maximum atomic E-state index is 14.4. The molecular formula is C15H10F3NOS. The van der Waals surface area contributed by atoms with Gasteiger partial charge in [0.15, 0.2) is 5.01 Å². The number of alkyl halides is 2. The number of aliphatic hydroxyl groups excluding tert-OH is 1. The predicted octanol–water partition coefficient (Wildman–Crippen LogP) is 4.26. The molecule has 0 aliphatic rings. The molecule has 21 heavy (non-hydrogen) atoms. The molecule has 2 nitrogen and oxygen atoms in total. The molecule has 0 saturated carbocycles. The van der Waals surface area contributed by atoms with Crippen LogP contribution in [0.3, 0.4) is 0 Å². The van der Waals surface area contributed by atoms with Gasteiger partial charge in [-0.25, -0.2) is 9.37 Å². The Hall–Kier alpha value is -1.92. The van der Waals surface area contributed by atoms with Crippen molar-refractivity contribution in [2.24, 2.45) is 0 Å². The van der Waals surface area contributed by atoms with Crippen LogP contribution in [0.1, 0.15) is 16.7 Å². The average molecular weight is 309 g/mol. The first kappa shape index (κ1) is 14.0. The summed E-state index contributed by atoms with van der Waals surface area (Å²) in [5.74, 6) is -4.09. The van der Waals surface area contributed by atoms with Crippen LogP contribution < -0.4 is 0 Å². The van der Waals surface area contributed by atoms with E-state index in [1.165, 1.54) is 0 Å². The summed E-state index contributed by atoms with van der Waals surface area (Å²) in [6.07, 6.45) is -2.07. The van der Waals surface area contributed by atoms with Gasteiger partial charge in [0, 0.05) is 0 Å². The molecule has 0 aliphatic carbocycles. The SMILES string of the molecule is OC(c1ccc(F)cc1)C(F)(F)c1nc2ccccc2s1. The molecule has 0 radical (unpaired) electrons. The molecule has 3 aromatic rings. The molecule has 1 aromatic heterocycles. The lowest BCUT2D eigenvalue weighted by Crippen LogP contribution is -2.23. The number of fused-ring (bicyclic) bond motifs is 1. The molecule has 6 heteroatoms. The third kappa shape index (κ3) is 2.52. The molecule has 108 valence electrons. The second kappa shape index (κ2) is 5.13. The summed E-state index contributed by atoms with van der Waals surface area (Å²) in [5, 5.41) is 9.45. The minimum atomic E-state index is -3.54. The lowest BCUT2D eigenvalue weighted by molar-refractivity contribution is -0.117. The molecule has 1 atom stereocenters. The molecule has 0 bridgehead atoms.